The lowest BCUT2D eigenvalue weighted by Crippen LogP contribution is -2.42. The third kappa shape index (κ3) is 2.73. The lowest BCUT2D eigenvalue weighted by molar-refractivity contribution is 0.0102. The molecule has 1 aliphatic heterocycles. The van der Waals surface area contributed by atoms with E-state index in [0.29, 0.717) is 6.04 Å². The third-order valence-corrected chi connectivity index (χ3v) is 4.44. The highest BCUT2D eigenvalue weighted by molar-refractivity contribution is 4.87. The first-order valence-electron chi connectivity index (χ1n) is 6.64. The van der Waals surface area contributed by atoms with Gasteiger partial charge in [0.05, 0.1) is 0 Å². The number of nitrogens with two attached hydrogens (primary N) is 1. The Hall–Kier alpha value is -0.0800. The summed E-state index contributed by atoms with van der Waals surface area (Å²) in [5.41, 5.74) is 6.27. The lowest BCUT2D eigenvalue weighted by atomic mass is 9.70. The molecule has 2 N–H and O–H groups in total. The highest BCUT2D eigenvalue weighted by Gasteiger charge is 2.33. The SMILES string of the molecule is CCC1CCC(N)C(C2CCCOC2)C1. The first-order chi connectivity index (χ1) is 7.31. The van der Waals surface area contributed by atoms with Crippen molar-refractivity contribution in [2.45, 2.75) is 51.5 Å². The van der Waals surface area contributed by atoms with E-state index in [1.807, 2.05) is 0 Å². The monoisotopic (exact) mass is 211 g/mol. The van der Waals surface area contributed by atoms with E-state index in [1.54, 1.807) is 0 Å². The third-order valence-electron chi connectivity index (χ3n) is 4.44. The molecule has 0 spiro atoms. The van der Waals surface area contributed by atoms with E-state index < -0.39 is 0 Å². The van der Waals surface area contributed by atoms with Crippen molar-refractivity contribution in [1.82, 2.24) is 0 Å². The predicted octanol–water partition coefficient (Wildman–Crippen LogP) is 2.57. The van der Waals surface area contributed by atoms with E-state index >= 15 is 0 Å². The first-order valence-corrected chi connectivity index (χ1v) is 6.64. The van der Waals surface area contributed by atoms with Gasteiger partial charge in [-0.05, 0) is 49.9 Å². The van der Waals surface area contributed by atoms with Crippen LogP contribution in [0.5, 0.6) is 0 Å². The topological polar surface area (TPSA) is 35.2 Å². The first kappa shape index (κ1) is 11.4. The van der Waals surface area contributed by atoms with Crippen molar-refractivity contribution in [3.63, 3.8) is 0 Å². The fraction of sp³-hybridized carbons (Fsp3) is 1.00. The largest absolute Gasteiger partial charge is 0.381 e. The minimum absolute atomic E-state index is 0.444. The Morgan fingerprint density at radius 3 is 2.80 bits per heavy atom. The molecule has 1 heterocycles. The van der Waals surface area contributed by atoms with E-state index in [1.165, 1.54) is 38.5 Å². The molecule has 0 radical (unpaired) electrons. The van der Waals surface area contributed by atoms with Crippen LogP contribution in [0.4, 0.5) is 0 Å². The molecule has 2 rings (SSSR count). The summed E-state index contributed by atoms with van der Waals surface area (Å²) in [6.45, 7) is 4.25. The maximum absolute atomic E-state index is 6.27. The summed E-state index contributed by atoms with van der Waals surface area (Å²) in [4.78, 5) is 0. The molecule has 0 amide bonds. The molecule has 1 aliphatic carbocycles. The number of hydrogen-bond donors (Lipinski definition) is 1. The lowest BCUT2D eigenvalue weighted by Gasteiger charge is -2.40. The zero-order valence-corrected chi connectivity index (χ0v) is 9.95. The van der Waals surface area contributed by atoms with Gasteiger partial charge in [-0.2, -0.15) is 0 Å². The summed E-state index contributed by atoms with van der Waals surface area (Å²) in [5, 5.41) is 0. The average molecular weight is 211 g/mol. The number of rotatable bonds is 2. The van der Waals surface area contributed by atoms with E-state index in [2.05, 4.69) is 6.92 Å². The second kappa shape index (κ2) is 5.31. The second-order valence-corrected chi connectivity index (χ2v) is 5.39. The zero-order valence-electron chi connectivity index (χ0n) is 9.95. The van der Waals surface area contributed by atoms with Gasteiger partial charge < -0.3 is 10.5 Å². The van der Waals surface area contributed by atoms with Gasteiger partial charge in [0, 0.05) is 19.3 Å². The van der Waals surface area contributed by atoms with Crippen molar-refractivity contribution < 1.29 is 4.74 Å². The molecule has 15 heavy (non-hydrogen) atoms. The van der Waals surface area contributed by atoms with Gasteiger partial charge in [-0.15, -0.1) is 0 Å². The van der Waals surface area contributed by atoms with Crippen molar-refractivity contribution >= 4 is 0 Å². The maximum atomic E-state index is 6.27. The molecular weight excluding hydrogens is 186 g/mol. The van der Waals surface area contributed by atoms with Crippen LogP contribution in [0, 0.1) is 17.8 Å². The van der Waals surface area contributed by atoms with Crippen LogP contribution < -0.4 is 5.73 Å². The van der Waals surface area contributed by atoms with Crippen molar-refractivity contribution in [2.24, 2.45) is 23.5 Å². The Morgan fingerprint density at radius 1 is 1.27 bits per heavy atom. The van der Waals surface area contributed by atoms with Gasteiger partial charge >= 0.3 is 0 Å². The number of hydrogen-bond acceptors (Lipinski definition) is 2. The zero-order chi connectivity index (χ0) is 10.7. The van der Waals surface area contributed by atoms with Gasteiger partial charge in [-0.1, -0.05) is 13.3 Å². The molecule has 0 bridgehead atoms. The van der Waals surface area contributed by atoms with Gasteiger partial charge in [0.15, 0.2) is 0 Å². The van der Waals surface area contributed by atoms with Gasteiger partial charge in [-0.25, -0.2) is 0 Å². The molecule has 1 saturated heterocycles. The molecule has 1 saturated carbocycles. The van der Waals surface area contributed by atoms with Crippen LogP contribution in [0.1, 0.15) is 45.4 Å². The summed E-state index contributed by atoms with van der Waals surface area (Å²) < 4.78 is 5.60. The maximum Gasteiger partial charge on any atom is 0.0497 e. The van der Waals surface area contributed by atoms with E-state index in [0.717, 1.165) is 31.0 Å². The summed E-state index contributed by atoms with van der Waals surface area (Å²) >= 11 is 0. The fourth-order valence-electron chi connectivity index (χ4n) is 3.34. The van der Waals surface area contributed by atoms with Crippen LogP contribution in [0.25, 0.3) is 0 Å². The molecule has 2 heteroatoms. The minimum Gasteiger partial charge on any atom is -0.381 e. The molecule has 0 aromatic heterocycles. The van der Waals surface area contributed by atoms with Crippen molar-refractivity contribution in [3.05, 3.63) is 0 Å². The normalized spacial score (nSPS) is 42.8. The van der Waals surface area contributed by atoms with Gasteiger partial charge in [0.2, 0.25) is 0 Å². The van der Waals surface area contributed by atoms with Gasteiger partial charge in [0.25, 0.3) is 0 Å². The fourth-order valence-corrected chi connectivity index (χ4v) is 3.34. The van der Waals surface area contributed by atoms with E-state index in [9.17, 15) is 0 Å². The molecule has 2 fully saturated rings. The van der Waals surface area contributed by atoms with Crippen LogP contribution in [0.2, 0.25) is 0 Å². The van der Waals surface area contributed by atoms with Crippen molar-refractivity contribution in [2.75, 3.05) is 13.2 Å². The molecule has 2 nitrogen and oxygen atoms in total. The molecular formula is C13H25NO. The highest BCUT2D eigenvalue weighted by atomic mass is 16.5. The van der Waals surface area contributed by atoms with Crippen LogP contribution in [-0.2, 0) is 4.74 Å². The Kier molecular flexibility index (Phi) is 4.04. The molecule has 0 aromatic rings. The van der Waals surface area contributed by atoms with Gasteiger partial charge in [0.1, 0.15) is 0 Å². The molecule has 88 valence electrons. The van der Waals surface area contributed by atoms with Crippen LogP contribution in [-0.4, -0.2) is 19.3 Å². The smallest absolute Gasteiger partial charge is 0.0497 e. The van der Waals surface area contributed by atoms with Crippen molar-refractivity contribution in [1.29, 1.82) is 0 Å². The molecule has 4 atom stereocenters. The summed E-state index contributed by atoms with van der Waals surface area (Å²) in [5.74, 6) is 2.42. The highest BCUT2D eigenvalue weighted by Crippen LogP contribution is 2.37. The van der Waals surface area contributed by atoms with Crippen LogP contribution in [0.3, 0.4) is 0 Å². The summed E-state index contributed by atoms with van der Waals surface area (Å²) in [7, 11) is 0. The molecule has 2 aliphatic rings. The second-order valence-electron chi connectivity index (χ2n) is 5.39. The van der Waals surface area contributed by atoms with E-state index in [4.69, 9.17) is 10.5 Å². The molecule has 0 aromatic carbocycles. The van der Waals surface area contributed by atoms with Crippen molar-refractivity contribution in [3.8, 4) is 0 Å². The predicted molar refractivity (Wildman–Crippen MR) is 62.6 cm³/mol. The van der Waals surface area contributed by atoms with E-state index in [-0.39, 0.29) is 0 Å². The number of ether oxygens (including phenoxy) is 1. The Bertz CT molecular complexity index is 189. The van der Waals surface area contributed by atoms with Crippen LogP contribution in [0.15, 0.2) is 0 Å². The quantitative estimate of drug-likeness (QED) is 0.762. The molecule has 4 unspecified atom stereocenters. The van der Waals surface area contributed by atoms with Crippen LogP contribution >= 0.6 is 0 Å². The Labute approximate surface area is 93.6 Å². The summed E-state index contributed by atoms with van der Waals surface area (Å²) in [6, 6.07) is 0.444. The Balaban J connectivity index is 1.92. The average Bonchev–Trinajstić information content (AvgIpc) is 2.31. The minimum atomic E-state index is 0.444. The summed E-state index contributed by atoms with van der Waals surface area (Å²) in [6.07, 6.45) is 7.85. The Morgan fingerprint density at radius 2 is 2.13 bits per heavy atom. The van der Waals surface area contributed by atoms with Gasteiger partial charge in [-0.3, -0.25) is 0 Å². The standard InChI is InChI=1S/C13H25NO/c1-2-10-5-6-13(14)12(8-10)11-4-3-7-15-9-11/h10-13H,2-9,14H2,1H3.